The van der Waals surface area contributed by atoms with E-state index in [9.17, 15) is 4.79 Å². The van der Waals surface area contributed by atoms with Crippen molar-refractivity contribution in [2.45, 2.75) is 19.4 Å². The highest BCUT2D eigenvalue weighted by molar-refractivity contribution is 6.31. The lowest BCUT2D eigenvalue weighted by molar-refractivity contribution is 0.104. The molecule has 0 saturated carbocycles. The van der Waals surface area contributed by atoms with E-state index in [2.05, 4.69) is 41.3 Å². The van der Waals surface area contributed by atoms with Crippen molar-refractivity contribution in [1.29, 1.82) is 0 Å². The second-order valence-electron chi connectivity index (χ2n) is 7.64. The van der Waals surface area contributed by atoms with Crippen LogP contribution in [0, 0.1) is 5.92 Å². The van der Waals surface area contributed by atoms with Crippen molar-refractivity contribution in [2.24, 2.45) is 13.0 Å². The summed E-state index contributed by atoms with van der Waals surface area (Å²) in [5, 5.41) is 1.64. The van der Waals surface area contributed by atoms with E-state index in [0.29, 0.717) is 10.9 Å². The molecule has 0 radical (unpaired) electrons. The lowest BCUT2D eigenvalue weighted by Crippen LogP contribution is -2.32. The SMILES string of the molecule is Cn1cc(C(=O)C=CC2CCN(Cc3ccccc3)CC2)c2ccc(Cl)cc21. The van der Waals surface area contributed by atoms with Gasteiger partial charge in [-0.3, -0.25) is 9.69 Å². The highest BCUT2D eigenvalue weighted by Crippen LogP contribution is 2.25. The number of ketones is 1. The van der Waals surface area contributed by atoms with Crippen molar-refractivity contribution < 1.29 is 4.79 Å². The Morgan fingerprint density at radius 1 is 1.14 bits per heavy atom. The molecule has 1 aliphatic rings. The zero-order chi connectivity index (χ0) is 19.5. The highest BCUT2D eigenvalue weighted by Gasteiger charge is 2.18. The molecule has 4 heteroatoms. The largest absolute Gasteiger partial charge is 0.350 e. The monoisotopic (exact) mass is 392 g/mol. The first-order valence-corrected chi connectivity index (χ1v) is 10.2. The minimum atomic E-state index is 0.0691. The Hall–Kier alpha value is -2.36. The number of allylic oxidation sites excluding steroid dienone is 2. The lowest BCUT2D eigenvalue weighted by atomic mass is 9.95. The molecule has 2 aromatic carbocycles. The summed E-state index contributed by atoms with van der Waals surface area (Å²) in [5.74, 6) is 0.542. The van der Waals surface area contributed by atoms with Crippen molar-refractivity contribution in [2.75, 3.05) is 13.1 Å². The second kappa shape index (κ2) is 8.34. The first-order valence-electron chi connectivity index (χ1n) is 9.83. The van der Waals surface area contributed by atoms with Crippen LogP contribution in [0.15, 0.2) is 66.9 Å². The molecule has 28 heavy (non-hydrogen) atoms. The number of carbonyl (C=O) groups is 1. The summed E-state index contributed by atoms with van der Waals surface area (Å²) in [7, 11) is 1.95. The number of fused-ring (bicyclic) bond motifs is 1. The van der Waals surface area contributed by atoms with E-state index in [1.54, 1.807) is 6.08 Å². The average Bonchev–Trinajstić information content (AvgIpc) is 3.04. The van der Waals surface area contributed by atoms with Crippen LogP contribution in [0.3, 0.4) is 0 Å². The highest BCUT2D eigenvalue weighted by atomic mass is 35.5. The number of nitrogens with zero attached hydrogens (tertiary/aromatic N) is 2. The number of aromatic nitrogens is 1. The zero-order valence-corrected chi connectivity index (χ0v) is 16.9. The average molecular weight is 393 g/mol. The predicted octanol–water partition coefficient (Wildman–Crippen LogP) is 5.48. The van der Waals surface area contributed by atoms with E-state index in [0.717, 1.165) is 48.9 Å². The van der Waals surface area contributed by atoms with Crippen molar-refractivity contribution in [1.82, 2.24) is 9.47 Å². The number of piperidine rings is 1. The molecule has 0 unspecified atom stereocenters. The maximum Gasteiger partial charge on any atom is 0.187 e. The molecular formula is C24H25ClN2O. The third-order valence-corrected chi connectivity index (χ3v) is 5.85. The first kappa shape index (κ1) is 19.0. The number of aryl methyl sites for hydroxylation is 1. The van der Waals surface area contributed by atoms with Crippen LogP contribution in [0.25, 0.3) is 10.9 Å². The third kappa shape index (κ3) is 4.21. The number of benzene rings is 2. The fourth-order valence-corrected chi connectivity index (χ4v) is 4.18. The standard InChI is InChI=1S/C24H25ClN2O/c1-26-17-22(21-9-8-20(25)15-23(21)26)24(28)10-7-18-11-13-27(14-12-18)16-19-5-3-2-4-6-19/h2-10,15,17-18H,11-14,16H2,1H3. The summed E-state index contributed by atoms with van der Waals surface area (Å²) in [6.07, 6.45) is 7.97. The maximum atomic E-state index is 12.8. The molecule has 3 aromatic rings. The summed E-state index contributed by atoms with van der Waals surface area (Å²) >= 11 is 6.09. The molecule has 1 fully saturated rings. The van der Waals surface area contributed by atoms with Crippen LogP contribution in [0.4, 0.5) is 0 Å². The molecule has 0 aliphatic carbocycles. The second-order valence-corrected chi connectivity index (χ2v) is 8.07. The molecule has 4 rings (SSSR count). The van der Waals surface area contributed by atoms with Crippen molar-refractivity contribution in [3.05, 3.63) is 83.0 Å². The van der Waals surface area contributed by atoms with Crippen LogP contribution in [-0.2, 0) is 13.6 Å². The summed E-state index contributed by atoms with van der Waals surface area (Å²) in [6.45, 7) is 3.16. The van der Waals surface area contributed by atoms with E-state index in [1.807, 2.05) is 36.0 Å². The van der Waals surface area contributed by atoms with E-state index in [4.69, 9.17) is 11.6 Å². The molecule has 0 amide bonds. The van der Waals surface area contributed by atoms with Gasteiger partial charge in [0.05, 0.1) is 0 Å². The zero-order valence-electron chi connectivity index (χ0n) is 16.1. The fourth-order valence-electron chi connectivity index (χ4n) is 4.01. The van der Waals surface area contributed by atoms with Gasteiger partial charge < -0.3 is 4.57 Å². The van der Waals surface area contributed by atoms with Gasteiger partial charge in [-0.15, -0.1) is 0 Å². The van der Waals surface area contributed by atoms with Gasteiger partial charge in [0.2, 0.25) is 0 Å². The molecule has 2 heterocycles. The van der Waals surface area contributed by atoms with Crippen molar-refractivity contribution >= 4 is 28.3 Å². The van der Waals surface area contributed by atoms with Gasteiger partial charge in [0.1, 0.15) is 0 Å². The van der Waals surface area contributed by atoms with E-state index in [1.165, 1.54) is 5.56 Å². The third-order valence-electron chi connectivity index (χ3n) is 5.62. The number of hydrogen-bond acceptors (Lipinski definition) is 2. The summed E-state index contributed by atoms with van der Waals surface area (Å²) in [6, 6.07) is 16.3. The van der Waals surface area contributed by atoms with Gasteiger partial charge in [0.15, 0.2) is 5.78 Å². The Kier molecular flexibility index (Phi) is 5.65. The van der Waals surface area contributed by atoms with E-state index in [-0.39, 0.29) is 5.78 Å². The first-order chi connectivity index (χ1) is 13.6. The molecule has 0 spiro atoms. The molecule has 1 aromatic heterocycles. The number of carbonyl (C=O) groups excluding carboxylic acids is 1. The minimum Gasteiger partial charge on any atom is -0.350 e. The fraction of sp³-hybridized carbons (Fsp3) is 0.292. The minimum absolute atomic E-state index is 0.0691. The van der Waals surface area contributed by atoms with E-state index < -0.39 is 0 Å². The molecule has 1 aliphatic heterocycles. The Balaban J connectivity index is 1.37. The molecule has 0 N–H and O–H groups in total. The van der Waals surface area contributed by atoms with Gasteiger partial charge in [-0.2, -0.15) is 0 Å². The van der Waals surface area contributed by atoms with Crippen molar-refractivity contribution in [3.63, 3.8) is 0 Å². The van der Waals surface area contributed by atoms with Crippen LogP contribution in [-0.4, -0.2) is 28.3 Å². The molecular weight excluding hydrogens is 368 g/mol. The van der Waals surface area contributed by atoms with Gasteiger partial charge in [-0.1, -0.05) is 54.1 Å². The van der Waals surface area contributed by atoms with Gasteiger partial charge in [0, 0.05) is 41.3 Å². The summed E-state index contributed by atoms with van der Waals surface area (Å²) in [5.41, 5.74) is 3.09. The van der Waals surface area contributed by atoms with Crippen LogP contribution >= 0.6 is 11.6 Å². The smallest absolute Gasteiger partial charge is 0.187 e. The van der Waals surface area contributed by atoms with Crippen LogP contribution < -0.4 is 0 Å². The molecule has 144 valence electrons. The van der Waals surface area contributed by atoms with Gasteiger partial charge in [-0.25, -0.2) is 0 Å². The predicted molar refractivity (Wildman–Crippen MR) is 116 cm³/mol. The number of rotatable bonds is 5. The quantitative estimate of drug-likeness (QED) is 0.424. The molecule has 0 bridgehead atoms. The van der Waals surface area contributed by atoms with Crippen LogP contribution in [0.5, 0.6) is 0 Å². The molecule has 0 atom stereocenters. The topological polar surface area (TPSA) is 25.2 Å². The van der Waals surface area contributed by atoms with Gasteiger partial charge >= 0.3 is 0 Å². The summed E-state index contributed by atoms with van der Waals surface area (Å²) in [4.78, 5) is 15.3. The van der Waals surface area contributed by atoms with Crippen LogP contribution in [0.1, 0.15) is 28.8 Å². The number of hydrogen-bond donors (Lipinski definition) is 0. The normalized spacial score (nSPS) is 16.2. The Morgan fingerprint density at radius 2 is 1.89 bits per heavy atom. The molecule has 3 nitrogen and oxygen atoms in total. The Labute approximate surface area is 171 Å². The number of halogens is 1. The van der Waals surface area contributed by atoms with E-state index >= 15 is 0 Å². The van der Waals surface area contributed by atoms with Gasteiger partial charge in [-0.05, 0) is 55.6 Å². The Bertz CT molecular complexity index is 998. The van der Waals surface area contributed by atoms with Crippen LogP contribution in [0.2, 0.25) is 5.02 Å². The summed E-state index contributed by atoms with van der Waals surface area (Å²) < 4.78 is 1.96. The van der Waals surface area contributed by atoms with Crippen molar-refractivity contribution in [3.8, 4) is 0 Å². The maximum absolute atomic E-state index is 12.8. The molecule has 1 saturated heterocycles. The Morgan fingerprint density at radius 3 is 2.64 bits per heavy atom. The van der Waals surface area contributed by atoms with Gasteiger partial charge in [0.25, 0.3) is 0 Å². The lowest BCUT2D eigenvalue weighted by Gasteiger charge is -2.30. The number of likely N-dealkylation sites (tertiary alicyclic amines) is 1.